The van der Waals surface area contributed by atoms with Crippen LogP contribution in [0.1, 0.15) is 16.1 Å². The molecule has 0 radical (unpaired) electrons. The fourth-order valence-electron chi connectivity index (χ4n) is 2.23. The molecule has 1 N–H and O–H groups in total. The van der Waals surface area contributed by atoms with E-state index in [1.54, 1.807) is 24.3 Å². The molecule has 0 aliphatic heterocycles. The molecule has 0 unspecified atom stereocenters. The number of halogens is 2. The van der Waals surface area contributed by atoms with E-state index >= 15 is 0 Å². The predicted molar refractivity (Wildman–Crippen MR) is 91.2 cm³/mol. The van der Waals surface area contributed by atoms with Crippen LogP contribution in [0.15, 0.2) is 46.9 Å². The Morgan fingerprint density at radius 3 is 2.52 bits per heavy atom. The lowest BCUT2D eigenvalue weighted by molar-refractivity contribution is 0.0691. The molecule has 2 aromatic carbocycles. The smallest absolute Gasteiger partial charge is 0.358 e. The normalized spacial score (nSPS) is 10.7. The van der Waals surface area contributed by atoms with E-state index in [-0.39, 0.29) is 5.69 Å². The van der Waals surface area contributed by atoms with Gasteiger partial charge in [-0.2, -0.15) is 0 Å². The summed E-state index contributed by atoms with van der Waals surface area (Å²) in [6, 6.07) is 12.5. The molecular weight excluding hydrogens is 382 g/mol. The maximum atomic E-state index is 11.5. The van der Waals surface area contributed by atoms with Crippen LogP contribution in [0.2, 0.25) is 5.02 Å². The fraction of sp³-hybridized carbons (Fsp3) is 0.0625. The first-order valence-electron chi connectivity index (χ1n) is 6.69. The van der Waals surface area contributed by atoms with Crippen LogP contribution in [0.3, 0.4) is 0 Å². The Hall–Kier alpha value is -2.18. The second-order valence-electron chi connectivity index (χ2n) is 4.94. The molecule has 0 spiro atoms. The van der Waals surface area contributed by atoms with Crippen LogP contribution >= 0.6 is 27.5 Å². The molecule has 3 aromatic rings. The average molecular weight is 393 g/mol. The van der Waals surface area contributed by atoms with E-state index in [9.17, 15) is 9.90 Å². The number of nitrogens with zero attached hydrogens (tertiary/aromatic N) is 3. The van der Waals surface area contributed by atoms with Crippen LogP contribution in [0, 0.1) is 6.92 Å². The van der Waals surface area contributed by atoms with E-state index in [1.807, 2.05) is 25.1 Å². The number of hydrogen-bond acceptors (Lipinski definition) is 3. The van der Waals surface area contributed by atoms with Crippen molar-refractivity contribution in [2.75, 3.05) is 0 Å². The molecule has 7 heteroatoms. The van der Waals surface area contributed by atoms with Crippen molar-refractivity contribution in [3.8, 4) is 16.9 Å². The summed E-state index contributed by atoms with van der Waals surface area (Å²) in [6.45, 7) is 1.95. The van der Waals surface area contributed by atoms with Crippen LogP contribution < -0.4 is 0 Å². The third-order valence-electron chi connectivity index (χ3n) is 3.38. The number of carboxylic acids is 1. The van der Waals surface area contributed by atoms with Crippen molar-refractivity contribution in [2.24, 2.45) is 0 Å². The highest BCUT2D eigenvalue weighted by atomic mass is 79.9. The third kappa shape index (κ3) is 3.00. The molecule has 0 saturated carbocycles. The lowest BCUT2D eigenvalue weighted by Crippen LogP contribution is -2.03. The van der Waals surface area contributed by atoms with Gasteiger partial charge in [0.15, 0.2) is 5.69 Å². The second-order valence-corrected chi connectivity index (χ2v) is 6.23. The van der Waals surface area contributed by atoms with Gasteiger partial charge in [-0.1, -0.05) is 44.9 Å². The highest BCUT2D eigenvalue weighted by molar-refractivity contribution is 9.10. The Labute approximate surface area is 145 Å². The van der Waals surface area contributed by atoms with Gasteiger partial charge in [0.05, 0.1) is 5.69 Å². The third-order valence-corrected chi connectivity index (χ3v) is 4.52. The topological polar surface area (TPSA) is 68.0 Å². The van der Waals surface area contributed by atoms with Gasteiger partial charge in [0.1, 0.15) is 5.69 Å². The molecule has 0 bridgehead atoms. The predicted octanol–water partition coefficient (Wildman–Crippen LogP) is 4.36. The minimum Gasteiger partial charge on any atom is -0.476 e. The monoisotopic (exact) mass is 391 g/mol. The summed E-state index contributed by atoms with van der Waals surface area (Å²) >= 11 is 9.36. The first kappa shape index (κ1) is 15.7. The number of aryl methyl sites for hydroxylation is 1. The van der Waals surface area contributed by atoms with Crippen molar-refractivity contribution >= 4 is 33.5 Å². The number of hydrogen-bond donors (Lipinski definition) is 1. The summed E-state index contributed by atoms with van der Waals surface area (Å²) in [4.78, 5) is 11.5. The van der Waals surface area contributed by atoms with E-state index in [4.69, 9.17) is 11.6 Å². The molecule has 0 fully saturated rings. The SMILES string of the molecule is Cc1cc(-n2nnc(C(=O)O)c2-c2ccc(Cl)cc2)ccc1Br. The van der Waals surface area contributed by atoms with Crippen molar-refractivity contribution in [3.63, 3.8) is 0 Å². The summed E-state index contributed by atoms with van der Waals surface area (Å²) in [5.74, 6) is -1.13. The molecule has 3 rings (SSSR count). The molecule has 1 heterocycles. The van der Waals surface area contributed by atoms with E-state index in [2.05, 4.69) is 26.2 Å². The lowest BCUT2D eigenvalue weighted by Gasteiger charge is -2.09. The zero-order valence-electron chi connectivity index (χ0n) is 12.0. The highest BCUT2D eigenvalue weighted by Gasteiger charge is 2.21. The number of rotatable bonds is 3. The summed E-state index contributed by atoms with van der Waals surface area (Å²) < 4.78 is 2.49. The van der Waals surface area contributed by atoms with Crippen molar-refractivity contribution in [3.05, 3.63) is 63.2 Å². The maximum absolute atomic E-state index is 11.5. The van der Waals surface area contributed by atoms with Crippen LogP contribution in [-0.4, -0.2) is 26.1 Å². The Bertz CT molecular complexity index is 891. The molecule has 5 nitrogen and oxygen atoms in total. The first-order valence-corrected chi connectivity index (χ1v) is 7.86. The molecule has 0 amide bonds. The zero-order valence-corrected chi connectivity index (χ0v) is 14.3. The molecule has 0 saturated heterocycles. The number of benzene rings is 2. The van der Waals surface area contributed by atoms with Crippen LogP contribution in [0.25, 0.3) is 16.9 Å². The van der Waals surface area contributed by atoms with Crippen molar-refractivity contribution in [1.82, 2.24) is 15.0 Å². The van der Waals surface area contributed by atoms with Crippen LogP contribution in [0.5, 0.6) is 0 Å². The number of aromatic nitrogens is 3. The molecular formula is C16H11BrClN3O2. The Morgan fingerprint density at radius 1 is 1.22 bits per heavy atom. The van der Waals surface area contributed by atoms with E-state index in [1.165, 1.54) is 4.68 Å². The first-order chi connectivity index (χ1) is 11.0. The number of carboxylic acid groups (broad SMARTS) is 1. The van der Waals surface area contributed by atoms with Gasteiger partial charge in [-0.15, -0.1) is 5.10 Å². The quantitative estimate of drug-likeness (QED) is 0.719. The van der Waals surface area contributed by atoms with E-state index in [0.717, 1.165) is 15.7 Å². The van der Waals surface area contributed by atoms with Crippen molar-refractivity contribution in [1.29, 1.82) is 0 Å². The standard InChI is InChI=1S/C16H11BrClN3O2/c1-9-8-12(6-7-13(9)17)21-15(14(16(22)23)19-20-21)10-2-4-11(18)5-3-10/h2-8H,1H3,(H,22,23). The van der Waals surface area contributed by atoms with Crippen LogP contribution in [-0.2, 0) is 0 Å². The van der Waals surface area contributed by atoms with E-state index < -0.39 is 5.97 Å². The van der Waals surface area contributed by atoms with Gasteiger partial charge in [-0.25, -0.2) is 9.48 Å². The Morgan fingerprint density at radius 2 is 1.91 bits per heavy atom. The second kappa shape index (κ2) is 6.14. The summed E-state index contributed by atoms with van der Waals surface area (Å²) in [5, 5.41) is 17.8. The molecule has 1 aromatic heterocycles. The summed E-state index contributed by atoms with van der Waals surface area (Å²) in [5.41, 5.74) is 2.73. The maximum Gasteiger partial charge on any atom is 0.358 e. The molecule has 0 aliphatic rings. The van der Waals surface area contributed by atoms with Gasteiger partial charge < -0.3 is 5.11 Å². The largest absolute Gasteiger partial charge is 0.476 e. The number of carbonyl (C=O) groups is 1. The summed E-state index contributed by atoms with van der Waals surface area (Å²) in [6.07, 6.45) is 0. The Balaban J connectivity index is 2.23. The van der Waals surface area contributed by atoms with Gasteiger partial charge in [0, 0.05) is 15.1 Å². The van der Waals surface area contributed by atoms with Gasteiger partial charge in [0.25, 0.3) is 0 Å². The zero-order chi connectivity index (χ0) is 16.6. The highest BCUT2D eigenvalue weighted by Crippen LogP contribution is 2.28. The van der Waals surface area contributed by atoms with Gasteiger partial charge in [-0.3, -0.25) is 0 Å². The minimum absolute atomic E-state index is 0.104. The molecule has 116 valence electrons. The average Bonchev–Trinajstić information content (AvgIpc) is 2.96. The van der Waals surface area contributed by atoms with Gasteiger partial charge >= 0.3 is 5.97 Å². The van der Waals surface area contributed by atoms with Crippen LogP contribution in [0.4, 0.5) is 0 Å². The minimum atomic E-state index is -1.13. The molecule has 23 heavy (non-hydrogen) atoms. The molecule has 0 aliphatic carbocycles. The van der Waals surface area contributed by atoms with Crippen molar-refractivity contribution < 1.29 is 9.90 Å². The van der Waals surface area contributed by atoms with Gasteiger partial charge in [0.2, 0.25) is 0 Å². The summed E-state index contributed by atoms with van der Waals surface area (Å²) in [7, 11) is 0. The van der Waals surface area contributed by atoms with E-state index in [0.29, 0.717) is 16.3 Å². The fourth-order valence-corrected chi connectivity index (χ4v) is 2.61. The van der Waals surface area contributed by atoms with Crippen molar-refractivity contribution in [2.45, 2.75) is 6.92 Å². The number of aromatic carboxylic acids is 1. The van der Waals surface area contributed by atoms with Gasteiger partial charge in [-0.05, 0) is 42.8 Å². The lowest BCUT2D eigenvalue weighted by atomic mass is 10.1. The Kier molecular flexibility index (Phi) is 4.19. The molecule has 0 atom stereocenters.